The number of hydrogen-bond donors (Lipinski definition) is 5. The van der Waals surface area contributed by atoms with Crippen molar-refractivity contribution in [1.82, 2.24) is 4.48 Å². The van der Waals surface area contributed by atoms with Gasteiger partial charge in [-0.05, 0) is 54.6 Å². The normalized spacial score (nSPS) is 10.9. The molecule has 5 rings (SSSR count). The van der Waals surface area contributed by atoms with E-state index in [1.807, 2.05) is 0 Å². The highest BCUT2D eigenvalue weighted by molar-refractivity contribution is 7.85. The average Bonchev–Trinajstić information content (AvgIpc) is 3.12. The maximum atomic E-state index is 10.8. The van der Waals surface area contributed by atoms with Gasteiger partial charge in [0.2, 0.25) is 0 Å². The molecule has 0 unspecified atom stereocenters. The van der Waals surface area contributed by atoms with Gasteiger partial charge in [-0.15, -0.1) is 0 Å². The molecule has 11 nitrogen and oxygen atoms in total. The topological polar surface area (TPSA) is 179 Å². The van der Waals surface area contributed by atoms with Crippen LogP contribution in [0.1, 0.15) is 26.3 Å². The van der Waals surface area contributed by atoms with Gasteiger partial charge in [-0.25, -0.2) is 14.1 Å². The lowest BCUT2D eigenvalue weighted by Crippen LogP contribution is -2.38. The van der Waals surface area contributed by atoms with Gasteiger partial charge in [0, 0.05) is 5.56 Å². The fraction of sp³-hybridized carbons (Fsp3) is 0.135. The van der Waals surface area contributed by atoms with E-state index >= 15 is 0 Å². The Labute approximate surface area is 284 Å². The van der Waals surface area contributed by atoms with Crippen molar-refractivity contribution in [3.05, 3.63) is 156 Å². The number of benzene rings is 5. The van der Waals surface area contributed by atoms with Crippen LogP contribution in [0, 0.1) is 0 Å². The van der Waals surface area contributed by atoms with Gasteiger partial charge in [0.1, 0.15) is 23.6 Å². The number of aliphatic hydroxyl groups is 2. The summed E-state index contributed by atoms with van der Waals surface area (Å²) >= 11 is 0. The number of hydrogen-bond acceptors (Lipinski definition) is 7. The molecule has 0 spiro atoms. The van der Waals surface area contributed by atoms with Crippen molar-refractivity contribution >= 4 is 39.1 Å². The lowest BCUT2D eigenvalue weighted by Gasteiger charge is -2.37. The molecule has 0 heterocycles. The molecule has 0 amide bonds. The van der Waals surface area contributed by atoms with Crippen LogP contribution in [0.2, 0.25) is 0 Å². The summed E-state index contributed by atoms with van der Waals surface area (Å²) in [7, 11) is -4.64. The number of quaternary nitrogens is 1. The molecule has 0 saturated carbocycles. The number of para-hydroxylation sites is 3. The first kappa shape index (κ1) is 38.2. The number of aliphatic hydroxyl groups excluding tert-OH is 2. The third kappa shape index (κ3) is 11.2. The van der Waals surface area contributed by atoms with Crippen LogP contribution >= 0.6 is 0 Å². The molecule has 0 bridgehead atoms. The molecule has 49 heavy (non-hydrogen) atoms. The van der Waals surface area contributed by atoms with E-state index in [0.717, 1.165) is 12.6 Å². The van der Waals surface area contributed by atoms with Crippen molar-refractivity contribution in [3.8, 4) is 0 Å². The Morgan fingerprint density at radius 3 is 1.22 bits per heavy atom. The fourth-order valence-electron chi connectivity index (χ4n) is 4.85. The van der Waals surface area contributed by atoms with Crippen molar-refractivity contribution in [2.75, 3.05) is 26.4 Å². The minimum atomic E-state index is -4.64. The maximum Gasteiger partial charge on any atom is 0.335 e. The molecular formula is C37H38NO10S+. The zero-order chi connectivity index (χ0) is 35.7. The van der Waals surface area contributed by atoms with E-state index in [1.165, 1.54) is 22.6 Å². The summed E-state index contributed by atoms with van der Waals surface area (Å²) < 4.78 is 35.5. The number of carboxylic acids is 2. The molecule has 5 aromatic rings. The summed E-state index contributed by atoms with van der Waals surface area (Å²) in [5, 5.41) is 33.4. The van der Waals surface area contributed by atoms with E-state index in [9.17, 15) is 18.0 Å². The van der Waals surface area contributed by atoms with Gasteiger partial charge >= 0.3 is 11.9 Å². The van der Waals surface area contributed by atoms with Crippen molar-refractivity contribution in [2.45, 2.75) is 11.4 Å². The Balaban J connectivity index is 0.000000241. The third-order valence-electron chi connectivity index (χ3n) is 7.02. The molecule has 0 aliphatic heterocycles. The van der Waals surface area contributed by atoms with Crippen LogP contribution in [0.5, 0.6) is 0 Å². The van der Waals surface area contributed by atoms with Crippen LogP contribution < -0.4 is 4.48 Å². The minimum absolute atomic E-state index is 0.0278. The largest absolute Gasteiger partial charge is 0.478 e. The van der Waals surface area contributed by atoms with E-state index in [1.54, 1.807) is 0 Å². The van der Waals surface area contributed by atoms with Crippen LogP contribution in [-0.2, 0) is 21.4 Å². The second kappa shape index (κ2) is 19.0. The summed E-state index contributed by atoms with van der Waals surface area (Å²) in [5.41, 5.74) is 4.01. The van der Waals surface area contributed by atoms with Crippen molar-refractivity contribution < 1.29 is 47.7 Å². The molecule has 256 valence electrons. The first-order valence-electron chi connectivity index (χ1n) is 15.0. The van der Waals surface area contributed by atoms with Crippen molar-refractivity contribution in [3.63, 3.8) is 0 Å². The SMILES string of the molecule is O=C(O)c1cc(C(=O)O)cc(S(=O)(=O)O)c1.OCCOCCO.c1ccc(C[N+](c2ccccc2)(c2ccccc2)c2ccccc2)cc1. The van der Waals surface area contributed by atoms with Gasteiger partial charge in [-0.3, -0.25) is 4.55 Å². The summed E-state index contributed by atoms with van der Waals surface area (Å²) in [4.78, 5) is 20.4. The number of aromatic carboxylic acids is 2. The van der Waals surface area contributed by atoms with Gasteiger partial charge in [0.05, 0.1) is 42.4 Å². The zero-order valence-corrected chi connectivity index (χ0v) is 27.3. The molecule has 12 heteroatoms. The van der Waals surface area contributed by atoms with Crippen molar-refractivity contribution in [2.24, 2.45) is 0 Å². The Hall–Kier alpha value is -5.21. The predicted octanol–water partition coefficient (Wildman–Crippen LogP) is 6.17. The van der Waals surface area contributed by atoms with E-state index in [-0.39, 0.29) is 13.2 Å². The number of carboxylic acid groups (broad SMARTS) is 2. The lowest BCUT2D eigenvalue weighted by molar-refractivity contribution is 0.0650. The molecule has 0 aromatic heterocycles. The van der Waals surface area contributed by atoms with E-state index < -0.39 is 38.1 Å². The standard InChI is InChI=1S/C25H22N.C8H6O7S.C4H10O3/c1-5-13-22(14-6-1)21-26(23-15-7-2-8-16-23,24-17-9-3-10-18-24)25-19-11-4-12-20-25;9-7(10)4-1-5(8(11)12)3-6(2-4)16(13,14)15;5-1-3-7-4-2-6/h1-20H,21H2;1-3H,(H,9,10)(H,11,12)(H,13,14,15);5-6H,1-4H2/q+1;;. The highest BCUT2D eigenvalue weighted by Gasteiger charge is 2.36. The van der Waals surface area contributed by atoms with Gasteiger partial charge in [-0.2, -0.15) is 8.42 Å². The van der Waals surface area contributed by atoms with Crippen LogP contribution in [0.15, 0.2) is 144 Å². The highest BCUT2D eigenvalue weighted by Crippen LogP contribution is 2.45. The summed E-state index contributed by atoms with van der Waals surface area (Å²) in [6, 6.07) is 45.2. The van der Waals surface area contributed by atoms with Gasteiger partial charge < -0.3 is 25.2 Å². The molecule has 0 atom stereocenters. The first-order valence-corrected chi connectivity index (χ1v) is 16.4. The second-order valence-corrected chi connectivity index (χ2v) is 11.8. The predicted molar refractivity (Wildman–Crippen MR) is 186 cm³/mol. The van der Waals surface area contributed by atoms with E-state index in [0.29, 0.717) is 29.8 Å². The molecule has 0 saturated heterocycles. The molecule has 0 fully saturated rings. The van der Waals surface area contributed by atoms with Crippen LogP contribution in [0.4, 0.5) is 17.1 Å². The van der Waals surface area contributed by atoms with Crippen LogP contribution in [0.25, 0.3) is 0 Å². The summed E-state index contributed by atoms with van der Waals surface area (Å²) in [6.07, 6.45) is 0. The summed E-state index contributed by atoms with van der Waals surface area (Å²) in [6.45, 7) is 1.56. The quantitative estimate of drug-likeness (QED) is 0.0578. The highest BCUT2D eigenvalue weighted by atomic mass is 32.2. The van der Waals surface area contributed by atoms with E-state index in [2.05, 4.69) is 126 Å². The number of carbonyl (C=O) groups is 2. The smallest absolute Gasteiger partial charge is 0.335 e. The van der Waals surface area contributed by atoms with Crippen molar-refractivity contribution in [1.29, 1.82) is 0 Å². The van der Waals surface area contributed by atoms with Crippen LogP contribution in [-0.4, -0.2) is 71.8 Å². The molecule has 5 N–H and O–H groups in total. The minimum Gasteiger partial charge on any atom is -0.478 e. The maximum absolute atomic E-state index is 10.8. The molecule has 5 aromatic carbocycles. The fourth-order valence-corrected chi connectivity index (χ4v) is 5.40. The van der Waals surface area contributed by atoms with E-state index in [4.69, 9.17) is 25.0 Å². The monoisotopic (exact) mass is 688 g/mol. The number of rotatable bonds is 12. The molecular weight excluding hydrogens is 650 g/mol. The first-order chi connectivity index (χ1) is 23.5. The second-order valence-electron chi connectivity index (χ2n) is 10.4. The van der Waals surface area contributed by atoms with Gasteiger partial charge in [-0.1, -0.05) is 84.9 Å². The number of ether oxygens (including phenoxy) is 1. The summed E-state index contributed by atoms with van der Waals surface area (Å²) in [5.74, 6) is -2.99. The third-order valence-corrected chi connectivity index (χ3v) is 7.85. The zero-order valence-electron chi connectivity index (χ0n) is 26.4. The Morgan fingerprint density at radius 2 is 0.918 bits per heavy atom. The van der Waals surface area contributed by atoms with Gasteiger partial charge in [0.25, 0.3) is 10.1 Å². The Kier molecular flexibility index (Phi) is 14.8. The Morgan fingerprint density at radius 1 is 0.571 bits per heavy atom. The number of nitrogens with zero attached hydrogens (tertiary/aromatic N) is 1. The van der Waals surface area contributed by atoms with Crippen LogP contribution in [0.3, 0.4) is 0 Å². The lowest BCUT2D eigenvalue weighted by atomic mass is 10.1. The molecule has 0 aliphatic rings. The molecule has 0 aliphatic carbocycles. The average molecular weight is 689 g/mol. The van der Waals surface area contributed by atoms with Gasteiger partial charge in [0.15, 0.2) is 0 Å². The molecule has 0 radical (unpaired) electrons. The Bertz CT molecular complexity index is 1720.